The van der Waals surface area contributed by atoms with E-state index in [1.807, 2.05) is 18.2 Å². The second-order valence-corrected chi connectivity index (χ2v) is 7.80. The van der Waals surface area contributed by atoms with Crippen molar-refractivity contribution in [2.24, 2.45) is 4.99 Å². The Morgan fingerprint density at radius 2 is 2.11 bits per heavy atom. The molecule has 4 rings (SSSR count). The molecule has 0 fully saturated rings. The highest BCUT2D eigenvalue weighted by Crippen LogP contribution is 2.37. The maximum absolute atomic E-state index is 13.2. The van der Waals surface area contributed by atoms with E-state index in [-0.39, 0.29) is 22.3 Å². The molecule has 0 saturated heterocycles. The van der Waals surface area contributed by atoms with E-state index in [4.69, 9.17) is 11.6 Å². The number of para-hydroxylation sites is 1. The number of aromatic nitrogens is 1. The molecule has 2 aromatic carbocycles. The van der Waals surface area contributed by atoms with Crippen LogP contribution in [0.15, 0.2) is 46.2 Å². The molecule has 1 aliphatic rings. The van der Waals surface area contributed by atoms with Gasteiger partial charge in [-0.05, 0) is 35.8 Å². The van der Waals surface area contributed by atoms with E-state index in [0.29, 0.717) is 10.4 Å². The van der Waals surface area contributed by atoms with E-state index >= 15 is 0 Å². The first-order chi connectivity index (χ1) is 13.5. The van der Waals surface area contributed by atoms with Gasteiger partial charge < -0.3 is 5.11 Å². The van der Waals surface area contributed by atoms with Gasteiger partial charge in [0.1, 0.15) is 5.82 Å². The molecule has 142 valence electrons. The number of halogens is 2. The third-order valence-electron chi connectivity index (χ3n) is 4.67. The Hall–Kier alpha value is -2.70. The van der Waals surface area contributed by atoms with Gasteiger partial charge in [-0.15, -0.1) is 0 Å². The molecule has 0 saturated carbocycles. The number of nitrogens with zero attached hydrogens (tertiary/aromatic N) is 2. The van der Waals surface area contributed by atoms with Crippen molar-refractivity contribution in [2.75, 3.05) is 0 Å². The minimum absolute atomic E-state index is 0.0636. The Bertz CT molecular complexity index is 1190. The predicted molar refractivity (Wildman–Crippen MR) is 113 cm³/mol. The maximum Gasteiger partial charge on any atom is 0.310 e. The van der Waals surface area contributed by atoms with E-state index in [1.165, 1.54) is 22.8 Å². The van der Waals surface area contributed by atoms with Gasteiger partial charge in [0, 0.05) is 22.4 Å². The zero-order valence-corrected chi connectivity index (χ0v) is 16.5. The average Bonchev–Trinajstić information content (AvgIpc) is 3.20. The van der Waals surface area contributed by atoms with Crippen LogP contribution in [-0.2, 0) is 13.0 Å². The lowest BCUT2D eigenvalue weighted by atomic mass is 10.0. The molecule has 0 unspecified atom stereocenters. The first kappa shape index (κ1) is 18.7. The third kappa shape index (κ3) is 3.30. The van der Waals surface area contributed by atoms with Crippen LogP contribution in [0.2, 0.25) is 5.02 Å². The summed E-state index contributed by atoms with van der Waals surface area (Å²) in [4.78, 5) is 17.0. The van der Waals surface area contributed by atoms with Gasteiger partial charge in [0.2, 0.25) is 5.88 Å². The molecule has 3 aromatic rings. The quantitative estimate of drug-likeness (QED) is 0.631. The Morgan fingerprint density at radius 1 is 1.29 bits per heavy atom. The van der Waals surface area contributed by atoms with Crippen LogP contribution in [0.5, 0.6) is 5.88 Å². The number of benzene rings is 2. The van der Waals surface area contributed by atoms with E-state index in [2.05, 4.69) is 11.9 Å². The molecule has 4 nitrogen and oxygen atoms in total. The van der Waals surface area contributed by atoms with Gasteiger partial charge in [0.25, 0.3) is 0 Å². The summed E-state index contributed by atoms with van der Waals surface area (Å²) in [5.74, 6) is -0.594. The standard InChI is InChI=1S/C21H16ClFN2O2S/c1-2-12-4-3-5-16-14(10-24-19(12)16)8-18-20(26)25(21(27)28-18)11-13-6-7-15(23)9-17(13)22/h3-10,26H,2,11H2,1H3/b14-8-. The van der Waals surface area contributed by atoms with Gasteiger partial charge >= 0.3 is 4.87 Å². The molecule has 0 spiro atoms. The van der Waals surface area contributed by atoms with Crippen LogP contribution in [0.4, 0.5) is 10.1 Å². The second-order valence-electron chi connectivity index (χ2n) is 6.40. The summed E-state index contributed by atoms with van der Waals surface area (Å²) in [7, 11) is 0. The third-order valence-corrected chi connectivity index (χ3v) is 5.94. The lowest BCUT2D eigenvalue weighted by Gasteiger charge is -2.06. The summed E-state index contributed by atoms with van der Waals surface area (Å²) in [6.07, 6.45) is 4.38. The highest BCUT2D eigenvalue weighted by molar-refractivity contribution is 7.10. The fourth-order valence-corrected chi connectivity index (χ4v) is 4.25. The van der Waals surface area contributed by atoms with Gasteiger partial charge in [-0.1, -0.05) is 54.1 Å². The van der Waals surface area contributed by atoms with Crippen LogP contribution >= 0.6 is 22.9 Å². The van der Waals surface area contributed by atoms with Crippen molar-refractivity contribution >= 4 is 46.5 Å². The summed E-state index contributed by atoms with van der Waals surface area (Å²) >= 11 is 6.99. The van der Waals surface area contributed by atoms with E-state index in [0.717, 1.165) is 40.1 Å². The first-order valence-electron chi connectivity index (χ1n) is 8.72. The number of aromatic hydroxyl groups is 1. The fraction of sp³-hybridized carbons (Fsp3) is 0.143. The van der Waals surface area contributed by atoms with Crippen molar-refractivity contribution < 1.29 is 9.50 Å². The highest BCUT2D eigenvalue weighted by Gasteiger charge is 2.18. The van der Waals surface area contributed by atoms with E-state index in [9.17, 15) is 14.3 Å². The average molecular weight is 415 g/mol. The van der Waals surface area contributed by atoms with Crippen molar-refractivity contribution in [2.45, 2.75) is 19.9 Å². The Kier molecular flexibility index (Phi) is 4.91. The largest absolute Gasteiger partial charge is 0.493 e. The lowest BCUT2D eigenvalue weighted by Crippen LogP contribution is -2.13. The number of hydrogen-bond acceptors (Lipinski definition) is 4. The monoisotopic (exact) mass is 414 g/mol. The molecule has 7 heteroatoms. The van der Waals surface area contributed by atoms with Crippen LogP contribution in [0.25, 0.3) is 11.6 Å². The number of rotatable bonds is 4. The SMILES string of the molecule is CCc1cccc2c1N=C/C2=C/c1sc(=O)n(Cc2ccc(F)cc2Cl)c1O. The molecule has 0 amide bonds. The predicted octanol–water partition coefficient (Wildman–Crippen LogP) is 5.28. The smallest absolute Gasteiger partial charge is 0.310 e. The van der Waals surface area contributed by atoms with Crippen molar-refractivity contribution in [1.82, 2.24) is 4.57 Å². The molecule has 28 heavy (non-hydrogen) atoms. The number of hydrogen-bond donors (Lipinski definition) is 1. The van der Waals surface area contributed by atoms with Crippen LogP contribution in [-0.4, -0.2) is 15.9 Å². The molecular formula is C21H16ClFN2O2S. The topological polar surface area (TPSA) is 54.6 Å². The van der Waals surface area contributed by atoms with Crippen LogP contribution in [0, 0.1) is 5.82 Å². The van der Waals surface area contributed by atoms with Crippen molar-refractivity contribution in [3.8, 4) is 5.88 Å². The fourth-order valence-electron chi connectivity index (χ4n) is 3.19. The second kappa shape index (κ2) is 7.37. The Labute approximate surface area is 169 Å². The Morgan fingerprint density at radius 3 is 2.86 bits per heavy atom. The van der Waals surface area contributed by atoms with Crippen LogP contribution in [0.3, 0.4) is 0 Å². The van der Waals surface area contributed by atoms with Crippen LogP contribution < -0.4 is 4.87 Å². The number of thiazole rings is 1. The summed E-state index contributed by atoms with van der Waals surface area (Å²) in [6.45, 7) is 2.14. The minimum atomic E-state index is -0.452. The van der Waals surface area contributed by atoms with Crippen molar-refractivity contribution in [3.05, 3.63) is 78.5 Å². The number of aliphatic imine (C=N–C) groups is 1. The van der Waals surface area contributed by atoms with Crippen molar-refractivity contribution in [1.29, 1.82) is 0 Å². The normalized spacial score (nSPS) is 14.0. The van der Waals surface area contributed by atoms with E-state index in [1.54, 1.807) is 12.3 Å². The molecule has 1 N–H and O–H groups in total. The summed E-state index contributed by atoms with van der Waals surface area (Å²) in [6, 6.07) is 9.96. The zero-order chi connectivity index (χ0) is 19.8. The highest BCUT2D eigenvalue weighted by atomic mass is 35.5. The number of fused-ring (bicyclic) bond motifs is 1. The minimum Gasteiger partial charge on any atom is -0.493 e. The first-order valence-corrected chi connectivity index (χ1v) is 9.92. The van der Waals surface area contributed by atoms with Gasteiger partial charge in [-0.3, -0.25) is 14.4 Å². The van der Waals surface area contributed by atoms with Crippen LogP contribution in [0.1, 0.15) is 28.5 Å². The molecule has 1 aliphatic heterocycles. The van der Waals surface area contributed by atoms with Gasteiger partial charge in [-0.25, -0.2) is 4.39 Å². The molecule has 0 atom stereocenters. The zero-order valence-electron chi connectivity index (χ0n) is 14.9. The molecular weight excluding hydrogens is 399 g/mol. The van der Waals surface area contributed by atoms with Gasteiger partial charge in [-0.2, -0.15) is 0 Å². The number of allylic oxidation sites excluding steroid dienone is 1. The molecule has 0 aliphatic carbocycles. The molecule has 0 radical (unpaired) electrons. The van der Waals surface area contributed by atoms with Gasteiger partial charge in [0.05, 0.1) is 17.1 Å². The lowest BCUT2D eigenvalue weighted by molar-refractivity contribution is 0.420. The summed E-state index contributed by atoms with van der Waals surface area (Å²) in [5, 5.41) is 10.8. The summed E-state index contributed by atoms with van der Waals surface area (Å²) < 4.78 is 14.5. The maximum atomic E-state index is 13.2. The molecule has 2 heterocycles. The Balaban J connectivity index is 1.71. The molecule has 0 bridgehead atoms. The molecule has 1 aromatic heterocycles. The van der Waals surface area contributed by atoms with Crippen molar-refractivity contribution in [3.63, 3.8) is 0 Å². The van der Waals surface area contributed by atoms with E-state index < -0.39 is 5.82 Å². The van der Waals surface area contributed by atoms with Gasteiger partial charge in [0.15, 0.2) is 0 Å². The summed E-state index contributed by atoms with van der Waals surface area (Å²) in [5.41, 5.74) is 4.46. The number of aryl methyl sites for hydroxylation is 1.